The molecule has 2 heterocycles. The SMILES string of the molecule is OC1CCN(c2cccs2)CC1. The maximum atomic E-state index is 9.30. The monoisotopic (exact) mass is 183 g/mol. The molecular weight excluding hydrogens is 170 g/mol. The molecule has 3 heteroatoms. The van der Waals surface area contributed by atoms with E-state index >= 15 is 0 Å². The molecule has 0 atom stereocenters. The van der Waals surface area contributed by atoms with Crippen LogP contribution in [-0.2, 0) is 0 Å². The van der Waals surface area contributed by atoms with E-state index in [-0.39, 0.29) is 6.10 Å². The molecule has 1 aromatic rings. The van der Waals surface area contributed by atoms with Gasteiger partial charge in [-0.1, -0.05) is 0 Å². The van der Waals surface area contributed by atoms with Crippen molar-refractivity contribution in [3.8, 4) is 0 Å². The molecule has 2 rings (SSSR count). The molecule has 0 bridgehead atoms. The first kappa shape index (κ1) is 8.08. The minimum atomic E-state index is -0.0683. The van der Waals surface area contributed by atoms with Crippen LogP contribution in [0.5, 0.6) is 0 Å². The Morgan fingerprint density at radius 1 is 1.42 bits per heavy atom. The first-order chi connectivity index (χ1) is 5.86. The molecule has 66 valence electrons. The van der Waals surface area contributed by atoms with Crippen LogP contribution in [0.15, 0.2) is 17.5 Å². The van der Waals surface area contributed by atoms with E-state index in [1.54, 1.807) is 11.3 Å². The zero-order valence-electron chi connectivity index (χ0n) is 6.94. The average Bonchev–Trinajstić information content (AvgIpc) is 2.58. The largest absolute Gasteiger partial charge is 0.393 e. The van der Waals surface area contributed by atoms with Crippen molar-refractivity contribution in [2.45, 2.75) is 18.9 Å². The Morgan fingerprint density at radius 2 is 2.17 bits per heavy atom. The van der Waals surface area contributed by atoms with Crippen molar-refractivity contribution < 1.29 is 5.11 Å². The van der Waals surface area contributed by atoms with Crippen molar-refractivity contribution in [2.24, 2.45) is 0 Å². The van der Waals surface area contributed by atoms with Crippen LogP contribution < -0.4 is 4.90 Å². The van der Waals surface area contributed by atoms with Gasteiger partial charge in [-0.3, -0.25) is 0 Å². The van der Waals surface area contributed by atoms with Gasteiger partial charge in [-0.05, 0) is 30.4 Å². The van der Waals surface area contributed by atoms with E-state index in [1.807, 2.05) is 0 Å². The summed E-state index contributed by atoms with van der Waals surface area (Å²) in [6.45, 7) is 2.00. The molecule has 0 amide bonds. The third-order valence-corrected chi connectivity index (χ3v) is 3.21. The van der Waals surface area contributed by atoms with Crippen LogP contribution in [0.4, 0.5) is 5.00 Å². The quantitative estimate of drug-likeness (QED) is 0.716. The number of aliphatic hydroxyl groups is 1. The fourth-order valence-electron chi connectivity index (χ4n) is 1.54. The average molecular weight is 183 g/mol. The highest BCUT2D eigenvalue weighted by Crippen LogP contribution is 2.24. The highest BCUT2D eigenvalue weighted by atomic mass is 32.1. The van der Waals surface area contributed by atoms with E-state index in [0.29, 0.717) is 0 Å². The normalized spacial score (nSPS) is 19.9. The van der Waals surface area contributed by atoms with Crippen molar-refractivity contribution in [3.63, 3.8) is 0 Å². The molecular formula is C9H13NOS. The molecule has 0 saturated carbocycles. The number of hydrogen-bond donors (Lipinski definition) is 1. The lowest BCUT2D eigenvalue weighted by molar-refractivity contribution is 0.145. The summed E-state index contributed by atoms with van der Waals surface area (Å²) in [6.07, 6.45) is 1.76. The molecule has 1 aliphatic heterocycles. The molecule has 1 fully saturated rings. The van der Waals surface area contributed by atoms with Gasteiger partial charge in [0.05, 0.1) is 11.1 Å². The van der Waals surface area contributed by atoms with Gasteiger partial charge in [0.2, 0.25) is 0 Å². The van der Waals surface area contributed by atoms with E-state index < -0.39 is 0 Å². The lowest BCUT2D eigenvalue weighted by Crippen LogP contribution is -2.35. The van der Waals surface area contributed by atoms with Crippen LogP contribution in [0.25, 0.3) is 0 Å². The summed E-state index contributed by atoms with van der Waals surface area (Å²) in [6, 6.07) is 4.22. The molecule has 1 N–H and O–H groups in total. The predicted octanol–water partition coefficient (Wildman–Crippen LogP) is 1.71. The minimum absolute atomic E-state index is 0.0683. The zero-order chi connectivity index (χ0) is 8.39. The second kappa shape index (κ2) is 3.46. The first-order valence-electron chi connectivity index (χ1n) is 4.33. The van der Waals surface area contributed by atoms with E-state index in [9.17, 15) is 5.11 Å². The number of nitrogens with zero attached hydrogens (tertiary/aromatic N) is 1. The van der Waals surface area contributed by atoms with Gasteiger partial charge >= 0.3 is 0 Å². The van der Waals surface area contributed by atoms with Crippen molar-refractivity contribution in [2.75, 3.05) is 18.0 Å². The molecule has 0 aliphatic carbocycles. The Kier molecular flexibility index (Phi) is 2.33. The highest BCUT2D eigenvalue weighted by Gasteiger charge is 2.17. The van der Waals surface area contributed by atoms with Crippen LogP contribution in [0, 0.1) is 0 Å². The lowest BCUT2D eigenvalue weighted by atomic mass is 10.1. The maximum Gasteiger partial charge on any atom is 0.0908 e. The van der Waals surface area contributed by atoms with Gasteiger partial charge in [0, 0.05) is 13.1 Å². The van der Waals surface area contributed by atoms with Gasteiger partial charge in [-0.15, -0.1) is 11.3 Å². The van der Waals surface area contributed by atoms with Crippen molar-refractivity contribution in [3.05, 3.63) is 17.5 Å². The van der Waals surface area contributed by atoms with Crippen molar-refractivity contribution >= 4 is 16.3 Å². The van der Waals surface area contributed by atoms with E-state index in [1.165, 1.54) is 5.00 Å². The summed E-state index contributed by atoms with van der Waals surface area (Å²) in [4.78, 5) is 2.34. The Bertz CT molecular complexity index is 227. The Balaban J connectivity index is 1.99. The van der Waals surface area contributed by atoms with Gasteiger partial charge < -0.3 is 10.0 Å². The van der Waals surface area contributed by atoms with E-state index in [2.05, 4.69) is 22.4 Å². The smallest absolute Gasteiger partial charge is 0.0908 e. The number of piperidine rings is 1. The van der Waals surface area contributed by atoms with Gasteiger partial charge in [-0.2, -0.15) is 0 Å². The maximum absolute atomic E-state index is 9.30. The predicted molar refractivity (Wildman–Crippen MR) is 51.8 cm³/mol. The van der Waals surface area contributed by atoms with Crippen molar-refractivity contribution in [1.82, 2.24) is 0 Å². The summed E-state index contributed by atoms with van der Waals surface area (Å²) in [7, 11) is 0. The fraction of sp³-hybridized carbons (Fsp3) is 0.556. The first-order valence-corrected chi connectivity index (χ1v) is 5.21. The number of hydrogen-bond acceptors (Lipinski definition) is 3. The molecule has 1 aromatic heterocycles. The number of anilines is 1. The summed E-state index contributed by atoms with van der Waals surface area (Å²) >= 11 is 1.77. The van der Waals surface area contributed by atoms with Gasteiger partial charge in [0.1, 0.15) is 0 Å². The summed E-state index contributed by atoms with van der Waals surface area (Å²) in [5.74, 6) is 0. The van der Waals surface area contributed by atoms with Crippen LogP contribution in [0.3, 0.4) is 0 Å². The topological polar surface area (TPSA) is 23.5 Å². The lowest BCUT2D eigenvalue weighted by Gasteiger charge is -2.30. The Morgan fingerprint density at radius 3 is 2.75 bits per heavy atom. The summed E-state index contributed by atoms with van der Waals surface area (Å²) in [5.41, 5.74) is 0. The van der Waals surface area contributed by atoms with E-state index in [4.69, 9.17) is 0 Å². The van der Waals surface area contributed by atoms with Gasteiger partial charge in [0.15, 0.2) is 0 Å². The standard InChI is InChI=1S/C9H13NOS/c11-8-3-5-10(6-4-8)9-2-1-7-12-9/h1-2,7-8,11H,3-6H2. The number of thiophene rings is 1. The van der Waals surface area contributed by atoms with Crippen molar-refractivity contribution in [1.29, 1.82) is 0 Å². The zero-order valence-corrected chi connectivity index (χ0v) is 7.76. The molecule has 2 nitrogen and oxygen atoms in total. The molecule has 12 heavy (non-hydrogen) atoms. The Labute approximate surface area is 76.4 Å². The molecule has 0 aromatic carbocycles. The number of rotatable bonds is 1. The molecule has 0 radical (unpaired) electrons. The molecule has 1 saturated heterocycles. The number of aliphatic hydroxyl groups excluding tert-OH is 1. The third kappa shape index (κ3) is 1.62. The third-order valence-electron chi connectivity index (χ3n) is 2.28. The fourth-order valence-corrected chi connectivity index (χ4v) is 2.32. The summed E-state index contributed by atoms with van der Waals surface area (Å²) < 4.78 is 0. The second-order valence-corrected chi connectivity index (χ2v) is 4.10. The van der Waals surface area contributed by atoms with Crippen LogP contribution in [0.1, 0.15) is 12.8 Å². The van der Waals surface area contributed by atoms with Crippen LogP contribution >= 0.6 is 11.3 Å². The molecule has 1 aliphatic rings. The van der Waals surface area contributed by atoms with Gasteiger partial charge in [0.25, 0.3) is 0 Å². The minimum Gasteiger partial charge on any atom is -0.393 e. The van der Waals surface area contributed by atoms with Crippen LogP contribution in [0.2, 0.25) is 0 Å². The molecule has 0 spiro atoms. The van der Waals surface area contributed by atoms with Gasteiger partial charge in [-0.25, -0.2) is 0 Å². The second-order valence-electron chi connectivity index (χ2n) is 3.17. The molecule has 0 unspecified atom stereocenters. The van der Waals surface area contributed by atoms with Crippen LogP contribution in [-0.4, -0.2) is 24.3 Å². The summed E-state index contributed by atoms with van der Waals surface area (Å²) in [5, 5.41) is 12.7. The Hall–Kier alpha value is -0.540. The van der Waals surface area contributed by atoms with E-state index in [0.717, 1.165) is 25.9 Å². The highest BCUT2D eigenvalue weighted by molar-refractivity contribution is 7.14.